The fourth-order valence-electron chi connectivity index (χ4n) is 4.64. The normalized spacial score (nSPS) is 14.6. The number of carboxylic acids is 1. The maximum absolute atomic E-state index is 15.4. The third-order valence-electron chi connectivity index (χ3n) is 6.88. The lowest BCUT2D eigenvalue weighted by molar-refractivity contribution is -0.0589. The van der Waals surface area contributed by atoms with Crippen molar-refractivity contribution >= 4 is 34.2 Å². The van der Waals surface area contributed by atoms with Crippen molar-refractivity contribution < 1.29 is 33.0 Å². The Morgan fingerprint density at radius 3 is 2.69 bits per heavy atom. The minimum atomic E-state index is -1.07. The van der Waals surface area contributed by atoms with E-state index in [2.05, 4.69) is 15.0 Å². The van der Waals surface area contributed by atoms with E-state index in [0.29, 0.717) is 39.9 Å². The van der Waals surface area contributed by atoms with Crippen LogP contribution in [-0.2, 0) is 24.3 Å². The van der Waals surface area contributed by atoms with Crippen molar-refractivity contribution in [3.8, 4) is 17.1 Å². The number of benzene rings is 2. The molecule has 0 bridgehead atoms. The van der Waals surface area contributed by atoms with E-state index in [4.69, 9.17) is 15.2 Å². The predicted octanol–water partition coefficient (Wildman–Crippen LogP) is 4.59. The summed E-state index contributed by atoms with van der Waals surface area (Å²) in [6, 6.07) is 11.5. The van der Waals surface area contributed by atoms with Gasteiger partial charge in [0, 0.05) is 24.7 Å². The van der Waals surface area contributed by atoms with Crippen LogP contribution in [0.15, 0.2) is 54.7 Å². The second-order valence-corrected chi connectivity index (χ2v) is 10.8. The maximum atomic E-state index is 15.4. The number of carbonyl (C=O) groups is 2. The van der Waals surface area contributed by atoms with Gasteiger partial charge in [0.1, 0.15) is 34.0 Å². The zero-order valence-electron chi connectivity index (χ0n) is 21.9. The number of hydrogen-bond acceptors (Lipinski definition) is 8. The highest BCUT2D eigenvalue weighted by Crippen LogP contribution is 2.29. The van der Waals surface area contributed by atoms with Gasteiger partial charge in [-0.05, 0) is 48.4 Å². The fraction of sp³-hybridized carbons (Fsp3) is 0.207. The van der Waals surface area contributed by atoms with Gasteiger partial charge in [0.15, 0.2) is 0 Å². The van der Waals surface area contributed by atoms with E-state index < -0.39 is 23.5 Å². The summed E-state index contributed by atoms with van der Waals surface area (Å²) in [6.45, 7) is 1.07. The molecule has 1 aliphatic rings. The molecule has 10 nitrogen and oxygen atoms in total. The average Bonchev–Trinajstić information content (AvgIpc) is 3.56. The molecule has 42 heavy (non-hydrogen) atoms. The summed E-state index contributed by atoms with van der Waals surface area (Å²) < 4.78 is 43.8. The van der Waals surface area contributed by atoms with Gasteiger partial charge in [0.25, 0.3) is 5.91 Å². The minimum Gasteiger partial charge on any atom is -0.478 e. The van der Waals surface area contributed by atoms with E-state index in [1.165, 1.54) is 24.4 Å². The van der Waals surface area contributed by atoms with Crippen molar-refractivity contribution in [2.45, 2.75) is 32.1 Å². The highest BCUT2D eigenvalue weighted by atomic mass is 32.1. The van der Waals surface area contributed by atoms with Crippen LogP contribution < -0.4 is 10.5 Å². The summed E-state index contributed by atoms with van der Waals surface area (Å²) in [5.74, 6) is -2.36. The van der Waals surface area contributed by atoms with E-state index in [-0.39, 0.29) is 47.4 Å². The number of aromatic nitrogens is 4. The molecule has 214 valence electrons. The smallest absolute Gasteiger partial charge is 0.335 e. The summed E-state index contributed by atoms with van der Waals surface area (Å²) >= 11 is 1.09. The number of nitrogens with two attached hydrogens (primary N) is 1. The van der Waals surface area contributed by atoms with Crippen LogP contribution >= 0.6 is 11.3 Å². The van der Waals surface area contributed by atoms with Gasteiger partial charge >= 0.3 is 5.97 Å². The quantitative estimate of drug-likeness (QED) is 0.240. The number of ether oxygens (including phenoxy) is 2. The molecule has 6 rings (SSSR count). The standard InChI is InChI=1S/C29H23F2N5O5S/c30-19-11-18(21-2-1-3-26(35-21)41-14-27-33-12-24(42-27)28(32)37)20(31)8-16(19)10-25-34-22-5-4-15(29(38)39)9-23(22)36(25)13-17-6-7-40-17/h1-5,8-9,11-12,17H,6-7,10,13-14H2,(H2,32,37)(H,38,39). The van der Waals surface area contributed by atoms with Gasteiger partial charge in [-0.25, -0.2) is 28.5 Å². The largest absolute Gasteiger partial charge is 0.478 e. The maximum Gasteiger partial charge on any atom is 0.335 e. The van der Waals surface area contributed by atoms with Crippen molar-refractivity contribution in [3.63, 3.8) is 0 Å². The van der Waals surface area contributed by atoms with Crippen LogP contribution in [0.5, 0.6) is 5.88 Å². The van der Waals surface area contributed by atoms with E-state index in [1.54, 1.807) is 18.2 Å². The van der Waals surface area contributed by atoms with Crippen LogP contribution in [0.4, 0.5) is 8.78 Å². The lowest BCUT2D eigenvalue weighted by Crippen LogP contribution is -2.31. The first-order valence-electron chi connectivity index (χ1n) is 12.9. The Balaban J connectivity index is 1.26. The van der Waals surface area contributed by atoms with Gasteiger partial charge < -0.3 is 24.9 Å². The molecule has 13 heteroatoms. The highest BCUT2D eigenvalue weighted by molar-refractivity contribution is 7.13. The summed E-state index contributed by atoms with van der Waals surface area (Å²) in [7, 11) is 0. The number of amides is 1. The molecule has 1 atom stereocenters. The molecule has 1 saturated heterocycles. The molecule has 3 aromatic heterocycles. The second kappa shape index (κ2) is 11.3. The molecule has 1 unspecified atom stereocenters. The fourth-order valence-corrected chi connectivity index (χ4v) is 5.32. The van der Waals surface area contributed by atoms with Gasteiger partial charge in [0.2, 0.25) is 5.88 Å². The van der Waals surface area contributed by atoms with Crippen LogP contribution in [0, 0.1) is 11.6 Å². The monoisotopic (exact) mass is 591 g/mol. The van der Waals surface area contributed by atoms with Gasteiger partial charge in [0.05, 0.1) is 41.1 Å². The summed E-state index contributed by atoms with van der Waals surface area (Å²) in [5.41, 5.74) is 6.70. The zero-order valence-corrected chi connectivity index (χ0v) is 22.7. The number of hydrogen-bond donors (Lipinski definition) is 2. The Kier molecular flexibility index (Phi) is 7.35. The number of halogens is 2. The average molecular weight is 592 g/mol. The van der Waals surface area contributed by atoms with Crippen molar-refractivity contribution in [2.24, 2.45) is 5.73 Å². The van der Waals surface area contributed by atoms with Gasteiger partial charge in [-0.2, -0.15) is 0 Å². The number of pyridine rings is 1. The number of primary amides is 1. The first kappa shape index (κ1) is 27.4. The van der Waals surface area contributed by atoms with Crippen molar-refractivity contribution in [2.75, 3.05) is 6.61 Å². The molecular formula is C29H23F2N5O5S. The van der Waals surface area contributed by atoms with E-state index in [1.807, 2.05) is 4.57 Å². The molecule has 0 saturated carbocycles. The van der Waals surface area contributed by atoms with Crippen molar-refractivity contribution in [3.05, 3.63) is 93.2 Å². The Bertz CT molecular complexity index is 1830. The van der Waals surface area contributed by atoms with Crippen LogP contribution in [0.3, 0.4) is 0 Å². The molecule has 3 N–H and O–H groups in total. The van der Waals surface area contributed by atoms with E-state index in [0.717, 1.165) is 29.9 Å². The molecule has 0 aliphatic carbocycles. The summed E-state index contributed by atoms with van der Waals surface area (Å²) in [6.07, 6.45) is 2.10. The molecular weight excluding hydrogens is 568 g/mol. The SMILES string of the molecule is NC(=O)c1cnc(COc2cccc(-c3cc(F)c(Cc4nc5ccc(C(=O)O)cc5n4CC4CCO4)cc3F)n2)s1. The molecule has 4 heterocycles. The molecule has 0 spiro atoms. The first-order valence-corrected chi connectivity index (χ1v) is 13.7. The number of aromatic carboxylic acids is 1. The minimum absolute atomic E-state index is 0.0189. The Morgan fingerprint density at radius 1 is 1.14 bits per heavy atom. The van der Waals surface area contributed by atoms with Gasteiger partial charge in [-0.1, -0.05) is 6.07 Å². The number of fused-ring (bicyclic) bond motifs is 1. The number of imidazole rings is 1. The number of carbonyl (C=O) groups excluding carboxylic acids is 1. The molecule has 2 aromatic carbocycles. The van der Waals surface area contributed by atoms with Crippen LogP contribution in [-0.4, -0.2) is 49.2 Å². The lowest BCUT2D eigenvalue weighted by Gasteiger charge is -2.27. The van der Waals surface area contributed by atoms with Crippen LogP contribution in [0.2, 0.25) is 0 Å². The first-order chi connectivity index (χ1) is 20.2. The van der Waals surface area contributed by atoms with Crippen LogP contribution in [0.25, 0.3) is 22.3 Å². The Hall–Kier alpha value is -4.75. The molecule has 1 amide bonds. The number of rotatable bonds is 10. The van der Waals surface area contributed by atoms with Gasteiger partial charge in [-0.3, -0.25) is 4.79 Å². The van der Waals surface area contributed by atoms with Crippen molar-refractivity contribution in [1.82, 2.24) is 19.5 Å². The van der Waals surface area contributed by atoms with Crippen molar-refractivity contribution in [1.29, 1.82) is 0 Å². The number of thiazole rings is 1. The van der Waals surface area contributed by atoms with E-state index >= 15 is 8.78 Å². The lowest BCUT2D eigenvalue weighted by atomic mass is 10.0. The second-order valence-electron chi connectivity index (χ2n) is 9.66. The predicted molar refractivity (Wildman–Crippen MR) is 148 cm³/mol. The number of nitrogens with zero attached hydrogens (tertiary/aromatic N) is 4. The topological polar surface area (TPSA) is 142 Å². The Labute approximate surface area is 241 Å². The van der Waals surface area contributed by atoms with Crippen LogP contribution in [0.1, 0.15) is 42.8 Å². The number of carboxylic acid groups (broad SMARTS) is 1. The summed E-state index contributed by atoms with van der Waals surface area (Å²) in [4.78, 5) is 36.1. The Morgan fingerprint density at radius 2 is 1.98 bits per heavy atom. The molecule has 5 aromatic rings. The molecule has 0 radical (unpaired) electrons. The van der Waals surface area contributed by atoms with Gasteiger partial charge in [-0.15, -0.1) is 11.3 Å². The third kappa shape index (κ3) is 5.56. The summed E-state index contributed by atoms with van der Waals surface area (Å²) in [5, 5.41) is 9.95. The molecule has 1 fully saturated rings. The molecule has 1 aliphatic heterocycles. The zero-order chi connectivity index (χ0) is 29.4. The van der Waals surface area contributed by atoms with E-state index in [9.17, 15) is 14.7 Å². The highest BCUT2D eigenvalue weighted by Gasteiger charge is 2.24. The third-order valence-corrected chi connectivity index (χ3v) is 7.86.